The fraction of sp³-hybridized carbons (Fsp3) is 0.364. The molecule has 0 fully saturated rings. The predicted molar refractivity (Wildman–Crippen MR) is 58.3 cm³/mol. The first-order valence-electron chi connectivity index (χ1n) is 4.82. The van der Waals surface area contributed by atoms with Crippen molar-refractivity contribution in [2.24, 2.45) is 0 Å². The van der Waals surface area contributed by atoms with Gasteiger partial charge in [0, 0.05) is 12.8 Å². The molecule has 1 aromatic rings. The summed E-state index contributed by atoms with van der Waals surface area (Å²) >= 11 is -1.25. The number of hydrogen-bond acceptors (Lipinski definition) is 2. The van der Waals surface area contributed by atoms with Crippen molar-refractivity contribution in [1.29, 1.82) is 0 Å². The Labute approximate surface area is 91.3 Å². The molecule has 1 aromatic carbocycles. The molecule has 0 saturated carbocycles. The zero-order valence-corrected chi connectivity index (χ0v) is 9.00. The van der Waals surface area contributed by atoms with Crippen LogP contribution >= 0.6 is 0 Å². The van der Waals surface area contributed by atoms with Crippen LogP contribution < -0.4 is 0 Å². The van der Waals surface area contributed by atoms with Crippen LogP contribution in [-0.2, 0) is 28.8 Å². The summed E-state index contributed by atoms with van der Waals surface area (Å²) in [4.78, 5) is 10.4. The van der Waals surface area contributed by atoms with Gasteiger partial charge < -0.3 is 9.66 Å². The van der Waals surface area contributed by atoms with Gasteiger partial charge in [-0.15, -0.1) is 0 Å². The second-order valence-corrected chi connectivity index (χ2v) is 5.43. The van der Waals surface area contributed by atoms with Crippen molar-refractivity contribution >= 4 is 17.1 Å². The third-order valence-corrected chi connectivity index (χ3v) is 4.26. The molecule has 0 heterocycles. The van der Waals surface area contributed by atoms with E-state index in [2.05, 4.69) is 0 Å². The van der Waals surface area contributed by atoms with Gasteiger partial charge in [0.25, 0.3) is 0 Å². The monoisotopic (exact) mass is 224 g/mol. The summed E-state index contributed by atoms with van der Waals surface area (Å²) in [5.74, 6) is -1.22. The molecule has 4 heteroatoms. The van der Waals surface area contributed by atoms with Crippen molar-refractivity contribution in [1.82, 2.24) is 0 Å². The number of benzene rings is 1. The van der Waals surface area contributed by atoms with E-state index in [1.54, 1.807) is 0 Å². The van der Waals surface area contributed by atoms with Gasteiger partial charge in [-0.2, -0.15) is 0 Å². The lowest BCUT2D eigenvalue weighted by molar-refractivity contribution is -0.134. The highest BCUT2D eigenvalue weighted by Gasteiger charge is 2.31. The third kappa shape index (κ3) is 2.33. The van der Waals surface area contributed by atoms with E-state index in [1.807, 2.05) is 24.3 Å². The standard InChI is InChI=1S/C11H12O3S/c12-11(13)7-15(14)10-5-8-3-1-2-4-9(8)6-10/h1-4,10H,5-7H2,(H,12,13). The quantitative estimate of drug-likeness (QED) is 0.779. The van der Waals surface area contributed by atoms with Crippen molar-refractivity contribution in [2.45, 2.75) is 18.1 Å². The Morgan fingerprint density at radius 1 is 1.40 bits per heavy atom. The van der Waals surface area contributed by atoms with Gasteiger partial charge in [0.2, 0.25) is 5.75 Å². The molecule has 2 rings (SSSR count). The van der Waals surface area contributed by atoms with Gasteiger partial charge in [0.15, 0.2) is 0 Å². The molecule has 3 nitrogen and oxygen atoms in total. The van der Waals surface area contributed by atoms with Gasteiger partial charge in [0.05, 0.1) is 0 Å². The fourth-order valence-electron chi connectivity index (χ4n) is 1.94. The molecule has 1 N–H and O–H groups in total. The first-order chi connectivity index (χ1) is 7.16. The van der Waals surface area contributed by atoms with E-state index < -0.39 is 17.1 Å². The summed E-state index contributed by atoms with van der Waals surface area (Å²) in [7, 11) is 0. The molecule has 0 saturated heterocycles. The Morgan fingerprint density at radius 3 is 2.40 bits per heavy atom. The normalized spacial score (nSPS) is 17.4. The summed E-state index contributed by atoms with van der Waals surface area (Å²) in [6, 6.07) is 7.96. The van der Waals surface area contributed by atoms with Crippen molar-refractivity contribution in [2.75, 3.05) is 5.75 Å². The molecule has 0 bridgehead atoms. The Bertz CT molecular complexity index is 353. The first-order valence-corrected chi connectivity index (χ1v) is 6.21. The van der Waals surface area contributed by atoms with Crippen molar-refractivity contribution in [3.05, 3.63) is 35.4 Å². The molecule has 0 amide bonds. The van der Waals surface area contributed by atoms with Crippen LogP contribution in [0.5, 0.6) is 0 Å². The number of aliphatic carboxylic acids is 1. The van der Waals surface area contributed by atoms with E-state index in [4.69, 9.17) is 5.11 Å². The maximum Gasteiger partial charge on any atom is 0.353 e. The van der Waals surface area contributed by atoms with E-state index in [1.165, 1.54) is 11.1 Å². The number of rotatable bonds is 3. The first kappa shape index (κ1) is 10.5. The second kappa shape index (κ2) is 4.24. The smallest absolute Gasteiger partial charge is 0.353 e. The average Bonchev–Trinajstić information content (AvgIpc) is 2.59. The van der Waals surface area contributed by atoms with Crippen LogP contribution in [-0.4, -0.2) is 26.6 Å². The third-order valence-electron chi connectivity index (χ3n) is 2.65. The van der Waals surface area contributed by atoms with Gasteiger partial charge in [0.1, 0.15) is 5.25 Å². The lowest BCUT2D eigenvalue weighted by atomic mass is 10.1. The number of fused-ring (bicyclic) bond motifs is 1. The van der Waals surface area contributed by atoms with Gasteiger partial charge in [-0.1, -0.05) is 24.3 Å². The highest BCUT2D eigenvalue weighted by molar-refractivity contribution is 7.92. The van der Waals surface area contributed by atoms with Gasteiger partial charge in [-0.3, -0.25) is 0 Å². The van der Waals surface area contributed by atoms with Crippen LogP contribution in [0.4, 0.5) is 0 Å². The molecule has 0 radical (unpaired) electrons. The van der Waals surface area contributed by atoms with E-state index in [0.29, 0.717) is 0 Å². The van der Waals surface area contributed by atoms with Crippen LogP contribution in [0.1, 0.15) is 11.1 Å². The molecule has 80 valence electrons. The summed E-state index contributed by atoms with van der Waals surface area (Å²) in [6.45, 7) is 0. The highest BCUT2D eigenvalue weighted by atomic mass is 32.2. The minimum Gasteiger partial charge on any atom is -0.616 e. The molecule has 0 aromatic heterocycles. The van der Waals surface area contributed by atoms with E-state index in [0.717, 1.165) is 12.8 Å². The van der Waals surface area contributed by atoms with Gasteiger partial charge in [-0.05, 0) is 22.3 Å². The Balaban J connectivity index is 2.03. The topological polar surface area (TPSA) is 60.4 Å². The summed E-state index contributed by atoms with van der Waals surface area (Å²) in [6.07, 6.45) is 1.49. The molecule has 1 unspecified atom stereocenters. The van der Waals surface area contributed by atoms with Crippen LogP contribution in [0, 0.1) is 0 Å². The molecule has 0 aliphatic heterocycles. The van der Waals surface area contributed by atoms with E-state index in [9.17, 15) is 9.35 Å². The number of carbonyl (C=O) groups is 1. The summed E-state index contributed by atoms with van der Waals surface area (Å²) < 4.78 is 11.7. The predicted octanol–water partition coefficient (Wildman–Crippen LogP) is 0.987. The molecule has 1 aliphatic rings. The van der Waals surface area contributed by atoms with Gasteiger partial charge in [-0.25, -0.2) is 4.79 Å². The van der Waals surface area contributed by atoms with Crippen LogP contribution in [0.15, 0.2) is 24.3 Å². The second-order valence-electron chi connectivity index (χ2n) is 3.72. The Hall–Kier alpha value is -1.00. The van der Waals surface area contributed by atoms with Crippen molar-refractivity contribution in [3.8, 4) is 0 Å². The SMILES string of the molecule is O=C(O)C[S+]([O-])C1Cc2ccccc2C1. The summed E-state index contributed by atoms with van der Waals surface area (Å²) in [5.41, 5.74) is 2.42. The van der Waals surface area contributed by atoms with Crippen LogP contribution in [0.2, 0.25) is 0 Å². The maximum atomic E-state index is 11.7. The van der Waals surface area contributed by atoms with Crippen LogP contribution in [0.3, 0.4) is 0 Å². The van der Waals surface area contributed by atoms with E-state index >= 15 is 0 Å². The zero-order chi connectivity index (χ0) is 10.8. The van der Waals surface area contributed by atoms with Crippen molar-refractivity contribution in [3.63, 3.8) is 0 Å². The highest BCUT2D eigenvalue weighted by Crippen LogP contribution is 2.26. The largest absolute Gasteiger partial charge is 0.616 e. The Kier molecular flexibility index (Phi) is 2.98. The maximum absolute atomic E-state index is 11.7. The van der Waals surface area contributed by atoms with Crippen molar-refractivity contribution < 1.29 is 14.5 Å². The molecule has 1 atom stereocenters. The molecule has 1 aliphatic carbocycles. The minimum absolute atomic E-state index is 0.0153. The average molecular weight is 224 g/mol. The Morgan fingerprint density at radius 2 is 1.93 bits per heavy atom. The molecule has 0 spiro atoms. The zero-order valence-electron chi connectivity index (χ0n) is 8.18. The minimum atomic E-state index is -1.25. The molecular formula is C11H12O3S. The number of carboxylic acid groups (broad SMARTS) is 1. The van der Waals surface area contributed by atoms with Crippen LogP contribution in [0.25, 0.3) is 0 Å². The van der Waals surface area contributed by atoms with E-state index in [-0.39, 0.29) is 11.0 Å². The van der Waals surface area contributed by atoms with Gasteiger partial charge >= 0.3 is 5.97 Å². The number of carboxylic acids is 1. The fourth-order valence-corrected chi connectivity index (χ4v) is 3.15. The number of hydrogen-bond donors (Lipinski definition) is 1. The lowest BCUT2D eigenvalue weighted by Gasteiger charge is -2.14. The summed E-state index contributed by atoms with van der Waals surface area (Å²) in [5, 5.41) is 8.55. The lowest BCUT2D eigenvalue weighted by Crippen LogP contribution is -2.28. The molecular weight excluding hydrogens is 212 g/mol. The molecule has 15 heavy (non-hydrogen) atoms.